The summed E-state index contributed by atoms with van der Waals surface area (Å²) in [6.45, 7) is 0.199. The van der Waals surface area contributed by atoms with Crippen LogP contribution in [0.15, 0.2) is 42.5 Å². The van der Waals surface area contributed by atoms with Crippen molar-refractivity contribution in [2.24, 2.45) is 0 Å². The van der Waals surface area contributed by atoms with Crippen LogP contribution in [-0.4, -0.2) is 41.0 Å². The summed E-state index contributed by atoms with van der Waals surface area (Å²) in [6, 6.07) is 13.3. The maximum atomic E-state index is 12.8. The van der Waals surface area contributed by atoms with Crippen LogP contribution in [0, 0.1) is 12.0 Å². The Morgan fingerprint density at radius 2 is 1.91 bits per heavy atom. The van der Waals surface area contributed by atoms with Gasteiger partial charge in [-0.05, 0) is 54.3 Å². The molecular formula is C23H18N4O5. The Bertz CT molecular complexity index is 1190. The molecule has 0 saturated carbocycles. The van der Waals surface area contributed by atoms with E-state index >= 15 is 0 Å². The number of fused-ring (bicyclic) bond motifs is 1. The van der Waals surface area contributed by atoms with Crippen LogP contribution in [0.2, 0.25) is 0 Å². The molecule has 5 amide bonds. The first kappa shape index (κ1) is 20.8. The highest BCUT2D eigenvalue weighted by Crippen LogP contribution is 2.29. The number of rotatable bonds is 4. The van der Waals surface area contributed by atoms with Crippen molar-refractivity contribution in [1.82, 2.24) is 15.5 Å². The van der Waals surface area contributed by atoms with Crippen LogP contribution in [0.5, 0.6) is 0 Å². The Hall–Kier alpha value is -4.45. The van der Waals surface area contributed by atoms with E-state index in [0.717, 1.165) is 0 Å². The normalized spacial score (nSPS) is 17.1. The zero-order valence-corrected chi connectivity index (χ0v) is 16.8. The first-order chi connectivity index (χ1) is 15.5. The molecule has 3 N–H and O–H groups in total. The maximum Gasteiger partial charge on any atom is 0.262 e. The monoisotopic (exact) mass is 430 g/mol. The number of imide groups is 1. The fraction of sp³-hybridized carbons (Fsp3) is 0.174. The van der Waals surface area contributed by atoms with E-state index in [0.29, 0.717) is 34.4 Å². The van der Waals surface area contributed by atoms with Crippen LogP contribution in [0.25, 0.3) is 0 Å². The maximum absolute atomic E-state index is 12.8. The number of piperidine rings is 1. The zero-order chi connectivity index (χ0) is 22.7. The Balaban J connectivity index is 1.48. The van der Waals surface area contributed by atoms with E-state index in [1.807, 2.05) is 0 Å². The Labute approximate surface area is 183 Å². The summed E-state index contributed by atoms with van der Waals surface area (Å²) in [6.07, 6.45) is 1.01. The predicted molar refractivity (Wildman–Crippen MR) is 113 cm³/mol. The largest absolute Gasteiger partial charge is 0.329 e. The van der Waals surface area contributed by atoms with Gasteiger partial charge < -0.3 is 10.2 Å². The summed E-state index contributed by atoms with van der Waals surface area (Å²) in [5.41, 5.74) is 2.62. The first-order valence-electron chi connectivity index (χ1n) is 9.86. The summed E-state index contributed by atoms with van der Waals surface area (Å²) in [4.78, 5) is 60.6. The number of amides is 5. The van der Waals surface area contributed by atoms with Crippen molar-refractivity contribution in [3.8, 4) is 12.0 Å². The summed E-state index contributed by atoms with van der Waals surface area (Å²) >= 11 is 0. The van der Waals surface area contributed by atoms with Gasteiger partial charge in [0.25, 0.3) is 11.8 Å². The van der Waals surface area contributed by atoms with E-state index < -0.39 is 17.9 Å². The van der Waals surface area contributed by atoms with Crippen LogP contribution in [0.3, 0.4) is 0 Å². The van der Waals surface area contributed by atoms with Crippen molar-refractivity contribution in [1.29, 1.82) is 0 Å². The second kappa shape index (κ2) is 8.73. The highest BCUT2D eigenvalue weighted by Gasteiger charge is 2.39. The molecule has 2 aromatic rings. The van der Waals surface area contributed by atoms with Gasteiger partial charge in [-0.1, -0.05) is 6.07 Å². The van der Waals surface area contributed by atoms with E-state index in [4.69, 9.17) is 0 Å². The molecule has 32 heavy (non-hydrogen) atoms. The number of nitrogens with one attached hydrogen (secondary N) is 3. The number of carbonyl (C=O) groups excluding carboxylic acids is 5. The molecule has 160 valence electrons. The number of benzene rings is 2. The van der Waals surface area contributed by atoms with Gasteiger partial charge in [0.15, 0.2) is 0 Å². The van der Waals surface area contributed by atoms with Crippen molar-refractivity contribution in [2.45, 2.75) is 25.4 Å². The van der Waals surface area contributed by atoms with E-state index in [-0.39, 0.29) is 31.2 Å². The fourth-order valence-electron chi connectivity index (χ4n) is 3.72. The lowest BCUT2D eigenvalue weighted by Gasteiger charge is -2.29. The quantitative estimate of drug-likeness (QED) is 0.286. The third kappa shape index (κ3) is 4.06. The van der Waals surface area contributed by atoms with Crippen molar-refractivity contribution in [3.05, 3.63) is 64.7 Å². The molecule has 4 rings (SSSR count). The van der Waals surface area contributed by atoms with Crippen molar-refractivity contribution in [2.75, 3.05) is 5.32 Å². The molecule has 0 spiro atoms. The zero-order valence-electron chi connectivity index (χ0n) is 16.8. The lowest BCUT2D eigenvalue weighted by molar-refractivity contribution is -0.136. The van der Waals surface area contributed by atoms with Gasteiger partial charge in [-0.25, -0.2) is 0 Å². The molecule has 0 aliphatic carbocycles. The van der Waals surface area contributed by atoms with Gasteiger partial charge in [0.2, 0.25) is 18.2 Å². The SMILES string of the molecule is O=CNc1ccc(C(=O)NC#Cc2cccc3c2CN(C2CCC(=O)NC2=O)C3=O)cc1. The van der Waals surface area contributed by atoms with Crippen LogP contribution < -0.4 is 16.0 Å². The second-order valence-corrected chi connectivity index (χ2v) is 7.28. The average molecular weight is 430 g/mol. The molecule has 1 unspecified atom stereocenters. The molecule has 1 atom stereocenters. The molecule has 1 saturated heterocycles. The highest BCUT2D eigenvalue weighted by molar-refractivity contribution is 6.05. The molecule has 2 heterocycles. The van der Waals surface area contributed by atoms with Gasteiger partial charge in [-0.2, -0.15) is 0 Å². The molecule has 9 nitrogen and oxygen atoms in total. The van der Waals surface area contributed by atoms with Gasteiger partial charge in [0.05, 0.1) is 0 Å². The minimum absolute atomic E-state index is 0.182. The van der Waals surface area contributed by atoms with Gasteiger partial charge in [0, 0.05) is 41.4 Å². The molecule has 2 aliphatic heterocycles. The summed E-state index contributed by atoms with van der Waals surface area (Å²) in [5, 5.41) is 7.25. The molecule has 2 aliphatic rings. The van der Waals surface area contributed by atoms with E-state index in [1.54, 1.807) is 42.5 Å². The first-order valence-corrected chi connectivity index (χ1v) is 9.86. The second-order valence-electron chi connectivity index (χ2n) is 7.28. The van der Waals surface area contributed by atoms with Crippen molar-refractivity contribution < 1.29 is 24.0 Å². The summed E-state index contributed by atoms with van der Waals surface area (Å²) < 4.78 is 0. The number of anilines is 1. The standard InChI is InChI=1S/C23H18N4O5/c28-13-25-16-6-4-15(5-7-16)21(30)24-11-10-14-2-1-3-17-18(14)12-27(23(17)32)19-8-9-20(29)26-22(19)31/h1-7,13,19H,8-9,12H2,(H,24,30)(H,25,28)(H,26,29,31). The Kier molecular flexibility index (Phi) is 5.68. The molecular weight excluding hydrogens is 412 g/mol. The fourth-order valence-corrected chi connectivity index (χ4v) is 3.72. The minimum Gasteiger partial charge on any atom is -0.329 e. The molecule has 9 heteroatoms. The third-order valence-corrected chi connectivity index (χ3v) is 5.33. The Morgan fingerprint density at radius 1 is 1.12 bits per heavy atom. The van der Waals surface area contributed by atoms with E-state index in [9.17, 15) is 24.0 Å². The highest BCUT2D eigenvalue weighted by atomic mass is 16.2. The lowest BCUT2D eigenvalue weighted by atomic mass is 10.0. The molecule has 0 aromatic heterocycles. The number of hydrogen-bond donors (Lipinski definition) is 3. The molecule has 0 radical (unpaired) electrons. The third-order valence-electron chi connectivity index (χ3n) is 5.33. The average Bonchev–Trinajstić information content (AvgIpc) is 3.12. The van der Waals surface area contributed by atoms with Crippen LogP contribution >= 0.6 is 0 Å². The summed E-state index contributed by atoms with van der Waals surface area (Å²) in [5.74, 6) is 1.35. The molecule has 2 aromatic carbocycles. The van der Waals surface area contributed by atoms with Crippen LogP contribution in [-0.2, 0) is 20.9 Å². The van der Waals surface area contributed by atoms with E-state index in [1.165, 1.54) is 4.90 Å². The van der Waals surface area contributed by atoms with Crippen LogP contribution in [0.4, 0.5) is 5.69 Å². The van der Waals surface area contributed by atoms with Gasteiger partial charge in [0.1, 0.15) is 6.04 Å². The summed E-state index contributed by atoms with van der Waals surface area (Å²) in [7, 11) is 0. The van der Waals surface area contributed by atoms with Crippen molar-refractivity contribution >= 4 is 35.7 Å². The Morgan fingerprint density at radius 3 is 2.62 bits per heavy atom. The van der Waals surface area contributed by atoms with Crippen molar-refractivity contribution in [3.63, 3.8) is 0 Å². The minimum atomic E-state index is -0.704. The van der Waals surface area contributed by atoms with Gasteiger partial charge in [-0.3, -0.25) is 34.6 Å². The van der Waals surface area contributed by atoms with E-state index in [2.05, 4.69) is 27.9 Å². The number of nitrogens with zero attached hydrogens (tertiary/aromatic N) is 1. The number of hydrogen-bond acceptors (Lipinski definition) is 5. The molecule has 0 bridgehead atoms. The van der Waals surface area contributed by atoms with Gasteiger partial charge >= 0.3 is 0 Å². The van der Waals surface area contributed by atoms with Crippen LogP contribution in [0.1, 0.15) is 44.7 Å². The van der Waals surface area contributed by atoms with Gasteiger partial charge in [-0.15, -0.1) is 0 Å². The number of carbonyl (C=O) groups is 5. The lowest BCUT2D eigenvalue weighted by Crippen LogP contribution is -2.52. The smallest absolute Gasteiger partial charge is 0.262 e. The topological polar surface area (TPSA) is 125 Å². The molecule has 1 fully saturated rings. The predicted octanol–water partition coefficient (Wildman–Crippen LogP) is 0.755.